The van der Waals surface area contributed by atoms with Gasteiger partial charge in [0, 0.05) is 95.9 Å². The van der Waals surface area contributed by atoms with Crippen molar-refractivity contribution in [3.63, 3.8) is 0 Å². The van der Waals surface area contributed by atoms with E-state index in [1.54, 1.807) is 76.8 Å². The van der Waals surface area contributed by atoms with Gasteiger partial charge in [0.05, 0.1) is 58.8 Å². The average molecular weight is 1330 g/mol. The summed E-state index contributed by atoms with van der Waals surface area (Å²) in [4.78, 5) is 81.4. The highest BCUT2D eigenvalue weighted by atomic mass is 31.2. The first-order valence-corrected chi connectivity index (χ1v) is 31.8. The van der Waals surface area contributed by atoms with Crippen molar-refractivity contribution < 1.29 is 47.6 Å². The largest absolute Gasteiger partial charge is 0.480 e. The summed E-state index contributed by atoms with van der Waals surface area (Å²) in [6, 6.07) is 15.4. The SMILES string of the molecule is CCn1nc(C)cc1-c1nc(-c2cc(C(N)=O)cc3c2cnn3C)nn1COP(=O)(O)O.CCn1nc(C)cc1-c1nc(-c2cc(C(N)=O)cc3c2cnn3CC(=O)O)n[nH]1.CCn1nc(C)cc1-c1nc(-c2cc(C(N)=O)cc3c2cnn3CCN2CCC(C)(F)CC2)n[nH]1. The maximum Gasteiger partial charge on any atom is 0.471 e. The lowest BCUT2D eigenvalue weighted by molar-refractivity contribution is -0.137. The van der Waals surface area contributed by atoms with Crippen molar-refractivity contribution >= 4 is 64.2 Å². The number of aromatic amines is 2. The number of rotatable bonds is 20. The molecule has 0 spiro atoms. The summed E-state index contributed by atoms with van der Waals surface area (Å²) in [5.41, 5.74) is 24.6. The molecule has 12 aromatic rings. The number of nitrogens with one attached hydrogen (secondary N) is 2. The molecule has 0 aliphatic carbocycles. The zero-order chi connectivity index (χ0) is 68.7. The van der Waals surface area contributed by atoms with E-state index in [-0.39, 0.29) is 29.3 Å². The molecule has 10 heterocycles. The Morgan fingerprint density at radius 2 is 1.02 bits per heavy atom. The number of hydrogen-bond acceptors (Lipinski definition) is 19. The van der Waals surface area contributed by atoms with Crippen LogP contribution in [0.25, 0.3) is 101 Å². The Morgan fingerprint density at radius 3 is 1.50 bits per heavy atom. The Bertz CT molecular complexity index is 4980. The van der Waals surface area contributed by atoms with E-state index in [0.717, 1.165) is 59.0 Å². The van der Waals surface area contributed by atoms with Crippen LogP contribution in [0.1, 0.15) is 88.7 Å². The Labute approximate surface area is 544 Å². The van der Waals surface area contributed by atoms with Crippen LogP contribution in [0.5, 0.6) is 0 Å². The third kappa shape index (κ3) is 14.1. The minimum atomic E-state index is -4.76. The molecule has 1 aliphatic rings. The molecule has 9 aromatic heterocycles. The molecule has 0 radical (unpaired) electrons. The molecular formula is C60H69FN25O9P. The number of likely N-dealkylation sites (tertiary alicyclic amines) is 1. The zero-order valence-electron chi connectivity index (χ0n) is 53.5. The highest BCUT2D eigenvalue weighted by Crippen LogP contribution is 2.38. The van der Waals surface area contributed by atoms with Gasteiger partial charge in [-0.15, -0.1) is 5.10 Å². The van der Waals surface area contributed by atoms with Gasteiger partial charge in [-0.2, -0.15) is 40.8 Å². The van der Waals surface area contributed by atoms with Crippen molar-refractivity contribution in [2.75, 3.05) is 19.6 Å². The van der Waals surface area contributed by atoms with E-state index in [9.17, 15) is 28.1 Å². The number of carboxylic acids is 1. The molecule has 96 heavy (non-hydrogen) atoms. The van der Waals surface area contributed by atoms with E-state index in [2.05, 4.69) is 75.5 Å². The van der Waals surface area contributed by atoms with Gasteiger partial charge in [0.1, 0.15) is 29.3 Å². The van der Waals surface area contributed by atoms with Crippen LogP contribution in [0.3, 0.4) is 0 Å². The number of benzene rings is 3. The smallest absolute Gasteiger partial charge is 0.471 e. The van der Waals surface area contributed by atoms with E-state index in [1.807, 2.05) is 63.0 Å². The first-order chi connectivity index (χ1) is 45.7. The van der Waals surface area contributed by atoms with Crippen molar-refractivity contribution in [2.24, 2.45) is 24.2 Å². The molecule has 1 saturated heterocycles. The third-order valence-corrected chi connectivity index (χ3v) is 16.5. The molecule has 3 aromatic carbocycles. The normalized spacial score (nSPS) is 13.3. The van der Waals surface area contributed by atoms with Crippen LogP contribution in [0.15, 0.2) is 73.2 Å². The Morgan fingerprint density at radius 1 is 0.583 bits per heavy atom. The van der Waals surface area contributed by atoms with E-state index in [0.29, 0.717) is 112 Å². The predicted molar refractivity (Wildman–Crippen MR) is 346 cm³/mol. The number of nitrogens with zero attached hydrogens (tertiary/aromatic N) is 20. The second-order valence-corrected chi connectivity index (χ2v) is 24.3. The minimum absolute atomic E-state index is 0.205. The average Bonchev–Trinajstić information content (AvgIpc) is 1.60. The number of aromatic nitrogens is 21. The number of phosphoric ester groups is 1. The lowest BCUT2D eigenvalue weighted by Crippen LogP contribution is -2.41. The van der Waals surface area contributed by atoms with Gasteiger partial charge in [0.25, 0.3) is 0 Å². The van der Waals surface area contributed by atoms with Gasteiger partial charge in [-0.05, 0) is 116 Å². The van der Waals surface area contributed by atoms with Gasteiger partial charge >= 0.3 is 13.8 Å². The Balaban J connectivity index is 0.000000147. The summed E-state index contributed by atoms with van der Waals surface area (Å²) in [7, 11) is -3.03. The second-order valence-electron chi connectivity index (χ2n) is 23.0. The number of carbonyl (C=O) groups excluding carboxylic acids is 3. The number of phosphoric acid groups is 1. The third-order valence-electron chi connectivity index (χ3n) is 16.1. The number of fused-ring (bicyclic) bond motifs is 3. The number of carboxylic acid groups (broad SMARTS) is 1. The van der Waals surface area contributed by atoms with Crippen molar-refractivity contribution in [3.8, 4) is 68.7 Å². The molecule has 11 N–H and O–H groups in total. The topological polar surface area (TPSA) is 457 Å². The lowest BCUT2D eigenvalue weighted by Gasteiger charge is -2.34. The number of halogens is 1. The molecule has 0 unspecified atom stereocenters. The molecule has 0 saturated carbocycles. The predicted octanol–water partition coefficient (Wildman–Crippen LogP) is 5.32. The molecule has 1 aliphatic heterocycles. The van der Waals surface area contributed by atoms with E-state index in [1.165, 1.54) is 21.6 Å². The van der Waals surface area contributed by atoms with Crippen LogP contribution in [0.2, 0.25) is 0 Å². The number of hydrogen-bond donors (Lipinski definition) is 8. The minimum Gasteiger partial charge on any atom is -0.480 e. The summed E-state index contributed by atoms with van der Waals surface area (Å²) in [6.07, 6.45) is 5.97. The number of alkyl halides is 1. The molecule has 500 valence electrons. The van der Waals surface area contributed by atoms with Gasteiger partial charge in [-0.3, -0.25) is 62.0 Å². The number of aryl methyl sites for hydroxylation is 7. The highest BCUT2D eigenvalue weighted by molar-refractivity contribution is 7.46. The number of primary amides is 3. The fraction of sp³-hybridized carbons (Fsp3) is 0.333. The van der Waals surface area contributed by atoms with Crippen LogP contribution in [-0.2, 0) is 60.4 Å². The maximum absolute atomic E-state index is 14.1. The first kappa shape index (κ1) is 66.5. The van der Waals surface area contributed by atoms with E-state index < -0.39 is 43.9 Å². The van der Waals surface area contributed by atoms with Crippen LogP contribution in [0, 0.1) is 20.8 Å². The first-order valence-electron chi connectivity index (χ1n) is 30.3. The zero-order valence-corrected chi connectivity index (χ0v) is 54.4. The molecular weight excluding hydrogens is 1260 g/mol. The van der Waals surface area contributed by atoms with Crippen LogP contribution >= 0.6 is 7.82 Å². The van der Waals surface area contributed by atoms with Gasteiger partial charge in [-0.1, -0.05) is 0 Å². The van der Waals surface area contributed by atoms with Gasteiger partial charge in [-0.25, -0.2) is 28.6 Å². The Kier molecular flexibility index (Phi) is 18.5. The summed E-state index contributed by atoms with van der Waals surface area (Å²) >= 11 is 0. The molecule has 36 heteroatoms. The second kappa shape index (κ2) is 26.8. The molecule has 0 bridgehead atoms. The number of H-pyrrole nitrogens is 2. The lowest BCUT2D eigenvalue weighted by atomic mass is 9.96. The summed E-state index contributed by atoms with van der Waals surface area (Å²) < 4.78 is 41.4. The van der Waals surface area contributed by atoms with Crippen molar-refractivity contribution in [2.45, 2.75) is 106 Å². The number of carbonyl (C=O) groups is 4. The van der Waals surface area contributed by atoms with Gasteiger partial charge in [0.15, 0.2) is 41.7 Å². The van der Waals surface area contributed by atoms with Crippen LogP contribution < -0.4 is 17.2 Å². The monoisotopic (exact) mass is 1330 g/mol. The number of nitrogens with two attached hydrogens (primary N) is 3. The molecule has 1 fully saturated rings. The molecule has 0 atom stereocenters. The van der Waals surface area contributed by atoms with E-state index in [4.69, 9.17) is 37.1 Å². The summed E-state index contributed by atoms with van der Waals surface area (Å²) in [5, 5.41) is 56.4. The highest BCUT2D eigenvalue weighted by Gasteiger charge is 2.30. The quantitative estimate of drug-likeness (QED) is 0.0447. The fourth-order valence-electron chi connectivity index (χ4n) is 11.3. The number of amides is 3. The number of piperidine rings is 1. The standard InChI is InChI=1S/C24H30FN9O.C18H21N8O5P.C18H18N8O3/c1-4-33-20(11-15(2)31-33)23-28-22(29-30-23)17-12-16(21(26)35)13-19-18(17)14-27-34(19)10-9-32-7-5-24(3,25)6-8-32;1-4-25-15(5-10(2)22-25)18-21-17(23-26(18)9-31-32(28,29)30)12-6-11(16(19)27)7-14-13(12)8-20-24(14)3;1-3-25-14(4-9(2)24-25)18-21-17(22-23-18)11-5-10(16(19)29)6-13-12(11)7-20-26(13)8-15(27)28/h11-14H,4-10H2,1-3H3,(H2,26,35)(H,28,29,30);5-8H,4,9H2,1-3H3,(H2,19,27)(H2,28,29,30);4-7H,3,8H2,1-2H3,(H2,19,29)(H,27,28)(H,21,22,23). The Hall–Kier alpha value is -11.0. The summed E-state index contributed by atoms with van der Waals surface area (Å²) in [6.45, 7) is 17.0. The van der Waals surface area contributed by atoms with Crippen LogP contribution in [-0.4, -0.2) is 173 Å². The molecule has 34 nitrogen and oxygen atoms in total. The van der Waals surface area contributed by atoms with E-state index >= 15 is 0 Å². The van der Waals surface area contributed by atoms with Crippen molar-refractivity contribution in [1.82, 2.24) is 109 Å². The van der Waals surface area contributed by atoms with Crippen LogP contribution in [0.4, 0.5) is 4.39 Å². The summed E-state index contributed by atoms with van der Waals surface area (Å²) in [5.74, 6) is -0.453. The molecule has 3 amide bonds. The van der Waals surface area contributed by atoms with Crippen molar-refractivity contribution in [1.29, 1.82) is 0 Å². The van der Waals surface area contributed by atoms with Gasteiger partial charge < -0.3 is 37.0 Å². The van der Waals surface area contributed by atoms with Crippen molar-refractivity contribution in [3.05, 3.63) is 107 Å². The number of aliphatic carboxylic acids is 1. The molecule has 13 rings (SSSR count). The van der Waals surface area contributed by atoms with Gasteiger partial charge in [0.2, 0.25) is 17.7 Å². The maximum atomic E-state index is 14.1. The fourth-order valence-corrected chi connectivity index (χ4v) is 11.5.